The Bertz CT molecular complexity index is 1700. The van der Waals surface area contributed by atoms with Crippen molar-refractivity contribution in [3.8, 4) is 17.0 Å². The van der Waals surface area contributed by atoms with Crippen molar-refractivity contribution in [3.05, 3.63) is 65.3 Å². The second-order valence-electron chi connectivity index (χ2n) is 11.2. The number of pyridine rings is 1. The monoisotopic (exact) mass is 608 g/mol. The molecule has 0 atom stereocenters. The minimum absolute atomic E-state index is 0.0250. The van der Waals surface area contributed by atoms with Gasteiger partial charge < -0.3 is 15.0 Å². The SMILES string of the molecule is CCc1cc(-c2ccc(NS(=O)(=O)c3ccccc3Cl)nc2OC)cc2cnc(N[C@H]3CC[C@@](C)(N(C)C)CC3)nc12. The van der Waals surface area contributed by atoms with Crippen LogP contribution in [0.3, 0.4) is 0 Å². The van der Waals surface area contributed by atoms with Crippen LogP contribution in [0.4, 0.5) is 11.8 Å². The summed E-state index contributed by atoms with van der Waals surface area (Å²) in [5.41, 5.74) is 3.82. The molecule has 2 heterocycles. The molecule has 5 rings (SSSR count). The summed E-state index contributed by atoms with van der Waals surface area (Å²) in [5.74, 6) is 1.06. The summed E-state index contributed by atoms with van der Waals surface area (Å²) in [7, 11) is 1.89. The van der Waals surface area contributed by atoms with E-state index in [2.05, 4.69) is 58.9 Å². The van der Waals surface area contributed by atoms with E-state index in [1.807, 2.05) is 12.3 Å². The number of hydrogen-bond acceptors (Lipinski definition) is 8. The zero-order chi connectivity index (χ0) is 30.1. The molecule has 11 heteroatoms. The van der Waals surface area contributed by atoms with Gasteiger partial charge in [-0.1, -0.05) is 30.7 Å². The minimum Gasteiger partial charge on any atom is -0.480 e. The molecule has 4 aromatic rings. The number of nitrogens with one attached hydrogen (secondary N) is 2. The molecule has 1 saturated carbocycles. The highest BCUT2D eigenvalue weighted by molar-refractivity contribution is 7.92. The number of halogens is 1. The smallest absolute Gasteiger partial charge is 0.264 e. The molecule has 1 fully saturated rings. The molecule has 222 valence electrons. The number of benzene rings is 2. The summed E-state index contributed by atoms with van der Waals surface area (Å²) in [4.78, 5) is 16.3. The van der Waals surface area contributed by atoms with E-state index < -0.39 is 10.0 Å². The summed E-state index contributed by atoms with van der Waals surface area (Å²) in [5, 5.41) is 4.61. The molecule has 0 spiro atoms. The fourth-order valence-electron chi connectivity index (χ4n) is 5.46. The molecule has 2 aromatic heterocycles. The van der Waals surface area contributed by atoms with Gasteiger partial charge in [0.25, 0.3) is 10.0 Å². The van der Waals surface area contributed by atoms with E-state index in [0.29, 0.717) is 12.0 Å². The molecule has 0 saturated heterocycles. The van der Waals surface area contributed by atoms with Crippen LogP contribution in [0.25, 0.3) is 22.0 Å². The maximum absolute atomic E-state index is 12.9. The molecule has 0 unspecified atom stereocenters. The number of aryl methyl sites for hydroxylation is 1. The first-order valence-electron chi connectivity index (χ1n) is 14.1. The second-order valence-corrected chi connectivity index (χ2v) is 13.3. The lowest BCUT2D eigenvalue weighted by atomic mass is 9.80. The van der Waals surface area contributed by atoms with Gasteiger partial charge >= 0.3 is 0 Å². The van der Waals surface area contributed by atoms with E-state index in [4.69, 9.17) is 21.3 Å². The first-order chi connectivity index (χ1) is 20.0. The summed E-state index contributed by atoms with van der Waals surface area (Å²) in [6.45, 7) is 4.43. The molecule has 0 bridgehead atoms. The lowest BCUT2D eigenvalue weighted by molar-refractivity contribution is 0.116. The standard InChI is InChI=1S/C31H37ClN6O3S/c1-6-20-17-21(18-22-19-33-30(36-28(20)22)34-23-13-15-31(2,16-14-23)38(3)4)24-11-12-27(35-29(24)41-5)37-42(39,40)26-10-8-7-9-25(26)32/h7-12,17-19,23H,6,13-16H2,1-5H3,(H,35,37)(H,33,34,36)/t23-,31+. The number of hydrogen-bond donors (Lipinski definition) is 2. The Hall–Kier alpha value is -3.47. The fourth-order valence-corrected chi connectivity index (χ4v) is 6.98. The maximum atomic E-state index is 12.9. The first kappa shape index (κ1) is 30.0. The van der Waals surface area contributed by atoms with Crippen LogP contribution in [-0.4, -0.2) is 61.1 Å². The highest BCUT2D eigenvalue weighted by atomic mass is 35.5. The van der Waals surface area contributed by atoms with Gasteiger partial charge in [0.05, 0.1) is 17.6 Å². The lowest BCUT2D eigenvalue weighted by Crippen LogP contribution is -2.46. The van der Waals surface area contributed by atoms with Gasteiger partial charge in [0.2, 0.25) is 11.8 Å². The molecule has 1 aliphatic rings. The van der Waals surface area contributed by atoms with Crippen molar-refractivity contribution < 1.29 is 13.2 Å². The zero-order valence-corrected chi connectivity index (χ0v) is 26.2. The highest BCUT2D eigenvalue weighted by Crippen LogP contribution is 2.35. The van der Waals surface area contributed by atoms with Crippen molar-refractivity contribution in [2.45, 2.75) is 62.4 Å². The Balaban J connectivity index is 1.40. The molecule has 9 nitrogen and oxygen atoms in total. The van der Waals surface area contributed by atoms with Gasteiger partial charge in [-0.2, -0.15) is 4.98 Å². The Morgan fingerprint density at radius 1 is 1.10 bits per heavy atom. The topological polar surface area (TPSA) is 109 Å². The number of ether oxygens (including phenoxy) is 1. The van der Waals surface area contributed by atoms with Crippen LogP contribution in [0, 0.1) is 0 Å². The number of anilines is 2. The highest BCUT2D eigenvalue weighted by Gasteiger charge is 2.33. The van der Waals surface area contributed by atoms with Crippen molar-refractivity contribution in [2.75, 3.05) is 31.2 Å². The zero-order valence-electron chi connectivity index (χ0n) is 24.6. The third kappa shape index (κ3) is 6.16. The third-order valence-corrected chi connectivity index (χ3v) is 10.2. The normalized spacial score (nSPS) is 19.2. The van der Waals surface area contributed by atoms with Crippen LogP contribution >= 0.6 is 11.6 Å². The average Bonchev–Trinajstić information content (AvgIpc) is 2.97. The summed E-state index contributed by atoms with van der Waals surface area (Å²) >= 11 is 6.11. The van der Waals surface area contributed by atoms with Crippen LogP contribution in [0.5, 0.6) is 5.88 Å². The molecule has 1 aliphatic carbocycles. The van der Waals surface area contributed by atoms with E-state index in [-0.39, 0.29) is 27.2 Å². The van der Waals surface area contributed by atoms with E-state index >= 15 is 0 Å². The van der Waals surface area contributed by atoms with Gasteiger partial charge in [-0.05, 0) is 101 Å². The number of fused-ring (bicyclic) bond motifs is 1. The molecule has 42 heavy (non-hydrogen) atoms. The number of nitrogens with zero attached hydrogens (tertiary/aromatic N) is 4. The van der Waals surface area contributed by atoms with E-state index in [0.717, 1.165) is 59.7 Å². The average molecular weight is 609 g/mol. The van der Waals surface area contributed by atoms with Gasteiger partial charge in [0.15, 0.2) is 0 Å². The molecule has 0 amide bonds. The van der Waals surface area contributed by atoms with Gasteiger partial charge in [0, 0.05) is 28.7 Å². The summed E-state index contributed by atoms with van der Waals surface area (Å²) in [6.07, 6.45) is 7.04. The first-order valence-corrected chi connectivity index (χ1v) is 16.0. The Kier molecular flexibility index (Phi) is 8.59. The Morgan fingerprint density at radius 2 is 1.83 bits per heavy atom. The van der Waals surface area contributed by atoms with Crippen molar-refractivity contribution in [3.63, 3.8) is 0 Å². The van der Waals surface area contributed by atoms with Crippen molar-refractivity contribution in [1.82, 2.24) is 19.9 Å². The van der Waals surface area contributed by atoms with Crippen molar-refractivity contribution in [1.29, 1.82) is 0 Å². The Labute approximate surface area is 252 Å². The van der Waals surface area contributed by atoms with Crippen LogP contribution in [0.2, 0.25) is 5.02 Å². The fraction of sp³-hybridized carbons (Fsp3) is 0.387. The van der Waals surface area contributed by atoms with E-state index in [9.17, 15) is 8.42 Å². The Morgan fingerprint density at radius 3 is 2.50 bits per heavy atom. The van der Waals surface area contributed by atoms with Gasteiger partial charge in [-0.25, -0.2) is 18.4 Å². The molecular formula is C31H37ClN6O3S. The van der Waals surface area contributed by atoms with E-state index in [1.165, 1.54) is 19.2 Å². The number of aromatic nitrogens is 3. The third-order valence-electron chi connectivity index (χ3n) is 8.35. The predicted molar refractivity (Wildman–Crippen MR) is 169 cm³/mol. The van der Waals surface area contributed by atoms with Crippen molar-refractivity contribution in [2.24, 2.45) is 0 Å². The van der Waals surface area contributed by atoms with Crippen LogP contribution in [0.15, 0.2) is 59.6 Å². The number of methoxy groups -OCH3 is 1. The second kappa shape index (κ2) is 12.0. The molecule has 2 aromatic carbocycles. The lowest BCUT2D eigenvalue weighted by Gasteiger charge is -2.42. The van der Waals surface area contributed by atoms with Crippen LogP contribution < -0.4 is 14.8 Å². The van der Waals surface area contributed by atoms with E-state index in [1.54, 1.807) is 24.3 Å². The number of rotatable bonds is 9. The minimum atomic E-state index is -3.94. The largest absolute Gasteiger partial charge is 0.480 e. The molecule has 0 radical (unpaired) electrons. The molecule has 0 aliphatic heterocycles. The summed E-state index contributed by atoms with van der Waals surface area (Å²) in [6, 6.07) is 14.1. The van der Waals surface area contributed by atoms with Gasteiger partial charge in [-0.3, -0.25) is 4.72 Å². The quantitative estimate of drug-likeness (QED) is 0.225. The molecule has 2 N–H and O–H groups in total. The predicted octanol–water partition coefficient (Wildman–Crippen LogP) is 6.39. The summed E-state index contributed by atoms with van der Waals surface area (Å²) < 4.78 is 33.9. The maximum Gasteiger partial charge on any atom is 0.264 e. The van der Waals surface area contributed by atoms with Gasteiger partial charge in [-0.15, -0.1) is 0 Å². The molecular weight excluding hydrogens is 572 g/mol. The van der Waals surface area contributed by atoms with Crippen LogP contribution in [-0.2, 0) is 16.4 Å². The van der Waals surface area contributed by atoms with Crippen molar-refractivity contribution >= 4 is 44.3 Å². The van der Waals surface area contributed by atoms with Gasteiger partial charge in [0.1, 0.15) is 10.7 Å². The number of sulfonamides is 1. The van der Waals surface area contributed by atoms with Crippen LogP contribution in [0.1, 0.15) is 45.1 Å².